The van der Waals surface area contributed by atoms with Gasteiger partial charge < -0.3 is 10.2 Å². The number of halogens is 1. The van der Waals surface area contributed by atoms with Gasteiger partial charge in [0.05, 0.1) is 18.1 Å². The van der Waals surface area contributed by atoms with E-state index >= 15 is 0 Å². The quantitative estimate of drug-likeness (QED) is 0.890. The summed E-state index contributed by atoms with van der Waals surface area (Å²) in [4.78, 5) is 11.0. The van der Waals surface area contributed by atoms with E-state index in [0.29, 0.717) is 6.04 Å². The van der Waals surface area contributed by atoms with Crippen LogP contribution in [0, 0.1) is 0 Å². The highest BCUT2D eigenvalue weighted by Gasteiger charge is 2.20. The minimum absolute atomic E-state index is 0.694. The zero-order chi connectivity index (χ0) is 14.7. The molecule has 0 amide bonds. The van der Waals surface area contributed by atoms with Gasteiger partial charge in [-0.15, -0.1) is 0 Å². The van der Waals surface area contributed by atoms with Crippen LogP contribution >= 0.6 is 11.6 Å². The van der Waals surface area contributed by atoms with E-state index < -0.39 is 0 Å². The van der Waals surface area contributed by atoms with Crippen molar-refractivity contribution in [2.24, 2.45) is 0 Å². The number of benzene rings is 1. The lowest BCUT2D eigenvalue weighted by atomic mass is 10.2. The molecule has 1 aromatic heterocycles. The molecule has 1 aliphatic rings. The molecule has 1 aliphatic carbocycles. The van der Waals surface area contributed by atoms with E-state index in [1.54, 1.807) is 0 Å². The average Bonchev–Trinajstić information content (AvgIpc) is 3.32. The number of hydrogen-bond donors (Lipinski definition) is 1. The van der Waals surface area contributed by atoms with Crippen LogP contribution in [0.4, 0.5) is 5.82 Å². The predicted molar refractivity (Wildman–Crippen MR) is 85.5 cm³/mol. The van der Waals surface area contributed by atoms with Crippen LogP contribution in [0.5, 0.6) is 0 Å². The lowest BCUT2D eigenvalue weighted by Gasteiger charge is -2.18. The van der Waals surface area contributed by atoms with Gasteiger partial charge in [-0.25, -0.2) is 4.98 Å². The van der Waals surface area contributed by atoms with Gasteiger partial charge in [-0.1, -0.05) is 23.7 Å². The fourth-order valence-electron chi connectivity index (χ4n) is 2.12. The Balaban J connectivity index is 1.58. The molecule has 0 spiro atoms. The fraction of sp³-hybridized carbons (Fsp3) is 0.375. The van der Waals surface area contributed by atoms with Gasteiger partial charge in [-0.2, -0.15) is 0 Å². The Morgan fingerprint density at radius 2 is 1.95 bits per heavy atom. The summed E-state index contributed by atoms with van der Waals surface area (Å²) in [6.07, 6.45) is 6.26. The third-order valence-corrected chi connectivity index (χ3v) is 3.82. The highest BCUT2D eigenvalue weighted by molar-refractivity contribution is 6.30. The van der Waals surface area contributed by atoms with Crippen LogP contribution in [0.3, 0.4) is 0 Å². The molecule has 2 aromatic rings. The summed E-state index contributed by atoms with van der Waals surface area (Å²) < 4.78 is 0. The molecule has 1 saturated carbocycles. The Morgan fingerprint density at radius 3 is 2.57 bits per heavy atom. The van der Waals surface area contributed by atoms with Crippen LogP contribution in [0.15, 0.2) is 36.7 Å². The standard InChI is InChI=1S/C16H19ClN4/c1-21(11-12-2-4-13(17)5-3-12)16-10-19-15(9-20-16)8-18-14-6-7-14/h2-5,9-10,14,18H,6-8,11H2,1H3. The molecule has 5 heteroatoms. The number of rotatable bonds is 6. The monoisotopic (exact) mass is 302 g/mol. The first-order valence-electron chi connectivity index (χ1n) is 7.20. The first-order chi connectivity index (χ1) is 10.2. The lowest BCUT2D eigenvalue weighted by molar-refractivity contribution is 0.671. The highest BCUT2D eigenvalue weighted by Crippen LogP contribution is 2.19. The first-order valence-corrected chi connectivity index (χ1v) is 7.58. The molecule has 0 radical (unpaired) electrons. The van der Waals surface area contributed by atoms with Crippen molar-refractivity contribution in [2.45, 2.75) is 32.0 Å². The first kappa shape index (κ1) is 14.3. The summed E-state index contributed by atoms with van der Waals surface area (Å²) in [5, 5.41) is 4.20. The summed E-state index contributed by atoms with van der Waals surface area (Å²) in [5.41, 5.74) is 2.19. The molecular formula is C16H19ClN4. The molecule has 4 nitrogen and oxygen atoms in total. The number of nitrogens with one attached hydrogen (secondary N) is 1. The van der Waals surface area contributed by atoms with Gasteiger partial charge in [0, 0.05) is 31.2 Å². The fourth-order valence-corrected chi connectivity index (χ4v) is 2.24. The van der Waals surface area contributed by atoms with Crippen molar-refractivity contribution in [3.63, 3.8) is 0 Å². The topological polar surface area (TPSA) is 41.1 Å². The zero-order valence-electron chi connectivity index (χ0n) is 12.1. The number of anilines is 1. The van der Waals surface area contributed by atoms with Crippen molar-refractivity contribution >= 4 is 17.4 Å². The van der Waals surface area contributed by atoms with Gasteiger partial charge in [0.25, 0.3) is 0 Å². The van der Waals surface area contributed by atoms with Crippen molar-refractivity contribution in [1.82, 2.24) is 15.3 Å². The second-order valence-electron chi connectivity index (χ2n) is 5.50. The smallest absolute Gasteiger partial charge is 0.147 e. The van der Waals surface area contributed by atoms with Crippen LogP contribution < -0.4 is 10.2 Å². The second kappa shape index (κ2) is 6.41. The van der Waals surface area contributed by atoms with Gasteiger partial charge in [0.15, 0.2) is 0 Å². The second-order valence-corrected chi connectivity index (χ2v) is 5.94. The largest absolute Gasteiger partial charge is 0.354 e. The molecule has 0 saturated heterocycles. The van der Waals surface area contributed by atoms with E-state index in [-0.39, 0.29) is 0 Å². The molecule has 1 fully saturated rings. The van der Waals surface area contributed by atoms with Crippen LogP contribution in [0.1, 0.15) is 24.1 Å². The molecule has 0 atom stereocenters. The Kier molecular flexibility index (Phi) is 4.36. The molecule has 110 valence electrons. The summed E-state index contributed by atoms with van der Waals surface area (Å²) in [5.74, 6) is 0.875. The normalized spacial score (nSPS) is 14.2. The van der Waals surface area contributed by atoms with Crippen molar-refractivity contribution in [3.8, 4) is 0 Å². The van der Waals surface area contributed by atoms with Crippen molar-refractivity contribution < 1.29 is 0 Å². The third-order valence-electron chi connectivity index (χ3n) is 3.56. The van der Waals surface area contributed by atoms with Crippen molar-refractivity contribution in [2.75, 3.05) is 11.9 Å². The maximum atomic E-state index is 5.90. The van der Waals surface area contributed by atoms with Crippen LogP contribution in [-0.2, 0) is 13.1 Å². The molecule has 0 bridgehead atoms. The minimum atomic E-state index is 0.694. The molecule has 0 aliphatic heterocycles. The van der Waals surface area contributed by atoms with E-state index in [9.17, 15) is 0 Å². The molecule has 1 aromatic carbocycles. The minimum Gasteiger partial charge on any atom is -0.354 e. The highest BCUT2D eigenvalue weighted by atomic mass is 35.5. The lowest BCUT2D eigenvalue weighted by Crippen LogP contribution is -2.19. The van der Waals surface area contributed by atoms with Crippen LogP contribution in [0.25, 0.3) is 0 Å². The van der Waals surface area contributed by atoms with Crippen LogP contribution in [-0.4, -0.2) is 23.1 Å². The molecule has 21 heavy (non-hydrogen) atoms. The van der Waals surface area contributed by atoms with Crippen LogP contribution in [0.2, 0.25) is 5.02 Å². The molecule has 1 N–H and O–H groups in total. The number of hydrogen-bond acceptors (Lipinski definition) is 4. The van der Waals surface area contributed by atoms with Gasteiger partial charge >= 0.3 is 0 Å². The van der Waals surface area contributed by atoms with Crippen molar-refractivity contribution in [1.29, 1.82) is 0 Å². The number of aromatic nitrogens is 2. The Hall–Kier alpha value is -1.65. The molecule has 3 rings (SSSR count). The summed E-state index contributed by atoms with van der Waals surface area (Å²) >= 11 is 5.90. The zero-order valence-corrected chi connectivity index (χ0v) is 12.8. The van der Waals surface area contributed by atoms with Crippen molar-refractivity contribution in [3.05, 3.63) is 52.9 Å². The summed E-state index contributed by atoms with van der Waals surface area (Å²) in [7, 11) is 2.01. The predicted octanol–water partition coefficient (Wildman–Crippen LogP) is 3.02. The third kappa shape index (κ3) is 4.16. The van der Waals surface area contributed by atoms with Gasteiger partial charge in [0.1, 0.15) is 5.82 Å². The van der Waals surface area contributed by atoms with E-state index in [1.807, 2.05) is 43.7 Å². The molecule has 0 unspecified atom stereocenters. The van der Waals surface area contributed by atoms with Gasteiger partial charge in [-0.05, 0) is 30.5 Å². The van der Waals surface area contributed by atoms with Gasteiger partial charge in [-0.3, -0.25) is 4.98 Å². The Morgan fingerprint density at radius 1 is 1.19 bits per heavy atom. The van der Waals surface area contributed by atoms with E-state index in [4.69, 9.17) is 11.6 Å². The number of nitrogens with zero attached hydrogens (tertiary/aromatic N) is 3. The van der Waals surface area contributed by atoms with E-state index in [0.717, 1.165) is 29.6 Å². The molecule has 1 heterocycles. The molecular weight excluding hydrogens is 284 g/mol. The maximum absolute atomic E-state index is 5.90. The van der Waals surface area contributed by atoms with Gasteiger partial charge in [0.2, 0.25) is 0 Å². The summed E-state index contributed by atoms with van der Waals surface area (Å²) in [6.45, 7) is 1.59. The summed E-state index contributed by atoms with van der Waals surface area (Å²) in [6, 6.07) is 8.56. The van der Waals surface area contributed by atoms with E-state index in [1.165, 1.54) is 18.4 Å². The average molecular weight is 303 g/mol. The Bertz CT molecular complexity index is 578. The SMILES string of the molecule is CN(Cc1ccc(Cl)cc1)c1cnc(CNC2CC2)cn1. The van der Waals surface area contributed by atoms with E-state index in [2.05, 4.69) is 20.2 Å². The maximum Gasteiger partial charge on any atom is 0.147 e. The Labute approximate surface area is 130 Å².